The second-order valence-electron chi connectivity index (χ2n) is 6.81. The summed E-state index contributed by atoms with van der Waals surface area (Å²) in [4.78, 5) is 13.5. The zero-order valence-corrected chi connectivity index (χ0v) is 16.6. The van der Waals surface area contributed by atoms with E-state index in [9.17, 15) is 4.79 Å². The minimum absolute atomic E-state index is 0.0116. The molecule has 3 aromatic carbocycles. The Bertz CT molecular complexity index is 983. The van der Waals surface area contributed by atoms with Crippen molar-refractivity contribution in [3.63, 3.8) is 0 Å². The largest absolute Gasteiger partial charge is 0.490 e. The maximum absolute atomic E-state index is 12.5. The first-order valence-corrected chi connectivity index (χ1v) is 10.5. The molecule has 1 N–H and O–H groups in total. The van der Waals surface area contributed by atoms with E-state index in [1.807, 2.05) is 43.3 Å². The van der Waals surface area contributed by atoms with Crippen molar-refractivity contribution in [2.75, 3.05) is 19.0 Å². The Hall–Kier alpha value is -2.66. The maximum Gasteiger partial charge on any atom is 0.230 e. The first-order chi connectivity index (χ1) is 13.7. The van der Waals surface area contributed by atoms with Gasteiger partial charge in [-0.1, -0.05) is 42.5 Å². The third-order valence-electron chi connectivity index (χ3n) is 4.76. The molecule has 0 unspecified atom stereocenters. The van der Waals surface area contributed by atoms with Crippen LogP contribution in [-0.2, 0) is 4.79 Å². The summed E-state index contributed by atoms with van der Waals surface area (Å²) in [5, 5.41) is 5.47. The Morgan fingerprint density at radius 1 is 1.04 bits per heavy atom. The number of fused-ring (bicyclic) bond motifs is 2. The Morgan fingerprint density at radius 3 is 2.71 bits per heavy atom. The van der Waals surface area contributed by atoms with Crippen LogP contribution in [0, 0.1) is 0 Å². The first-order valence-electron chi connectivity index (χ1n) is 9.50. The maximum atomic E-state index is 12.5. The fraction of sp³-hybridized carbons (Fsp3) is 0.261. The fourth-order valence-corrected chi connectivity index (χ4v) is 4.11. The number of hydrogen-bond donors (Lipinski definition) is 1. The van der Waals surface area contributed by atoms with Crippen LogP contribution in [0.15, 0.2) is 65.6 Å². The molecule has 0 bridgehead atoms. The fourth-order valence-electron chi connectivity index (χ4n) is 3.37. The molecule has 0 saturated heterocycles. The van der Waals surface area contributed by atoms with E-state index < -0.39 is 0 Å². The van der Waals surface area contributed by atoms with Crippen molar-refractivity contribution in [3.8, 4) is 11.5 Å². The lowest BCUT2D eigenvalue weighted by molar-refractivity contribution is -0.119. The molecule has 1 aliphatic heterocycles. The van der Waals surface area contributed by atoms with Crippen molar-refractivity contribution in [3.05, 3.63) is 66.2 Å². The molecule has 4 nitrogen and oxygen atoms in total. The van der Waals surface area contributed by atoms with Crippen LogP contribution >= 0.6 is 11.8 Å². The molecule has 0 fully saturated rings. The van der Waals surface area contributed by atoms with E-state index in [0.29, 0.717) is 19.0 Å². The molecule has 28 heavy (non-hydrogen) atoms. The van der Waals surface area contributed by atoms with Crippen LogP contribution in [0.3, 0.4) is 0 Å². The van der Waals surface area contributed by atoms with Crippen molar-refractivity contribution < 1.29 is 14.3 Å². The summed E-state index contributed by atoms with van der Waals surface area (Å²) in [7, 11) is 0. The predicted octanol–water partition coefficient (Wildman–Crippen LogP) is 4.97. The molecule has 0 aromatic heterocycles. The first kappa shape index (κ1) is 18.7. The minimum atomic E-state index is -0.0528. The van der Waals surface area contributed by atoms with Gasteiger partial charge in [-0.3, -0.25) is 4.79 Å². The van der Waals surface area contributed by atoms with Gasteiger partial charge in [0.05, 0.1) is 25.0 Å². The van der Waals surface area contributed by atoms with E-state index in [1.165, 1.54) is 22.5 Å². The average Bonchev–Trinajstić information content (AvgIpc) is 2.96. The van der Waals surface area contributed by atoms with Crippen LogP contribution in [0.4, 0.5) is 0 Å². The van der Waals surface area contributed by atoms with Gasteiger partial charge in [-0.25, -0.2) is 0 Å². The van der Waals surface area contributed by atoms with Gasteiger partial charge in [0.1, 0.15) is 0 Å². The number of amides is 1. The second-order valence-corrected chi connectivity index (χ2v) is 7.85. The third kappa shape index (κ3) is 4.25. The predicted molar refractivity (Wildman–Crippen MR) is 113 cm³/mol. The van der Waals surface area contributed by atoms with E-state index in [-0.39, 0.29) is 11.9 Å². The zero-order valence-electron chi connectivity index (χ0n) is 15.8. The van der Waals surface area contributed by atoms with Gasteiger partial charge in [-0.15, -0.1) is 11.8 Å². The molecule has 0 spiro atoms. The van der Waals surface area contributed by atoms with E-state index in [1.54, 1.807) is 0 Å². The van der Waals surface area contributed by atoms with Crippen LogP contribution in [0.5, 0.6) is 11.5 Å². The molecule has 4 rings (SSSR count). The van der Waals surface area contributed by atoms with Gasteiger partial charge in [0.25, 0.3) is 0 Å². The molecule has 1 atom stereocenters. The third-order valence-corrected chi connectivity index (χ3v) is 5.75. The lowest BCUT2D eigenvalue weighted by Gasteiger charge is -2.16. The van der Waals surface area contributed by atoms with Crippen LogP contribution in [0.2, 0.25) is 0 Å². The number of ether oxygens (including phenoxy) is 2. The van der Waals surface area contributed by atoms with Gasteiger partial charge < -0.3 is 14.8 Å². The highest BCUT2D eigenvalue weighted by molar-refractivity contribution is 8.00. The highest BCUT2D eigenvalue weighted by atomic mass is 32.2. The Labute approximate surface area is 169 Å². The molecule has 0 radical (unpaired) electrons. The zero-order chi connectivity index (χ0) is 19.3. The highest BCUT2D eigenvalue weighted by Gasteiger charge is 2.14. The molecule has 3 aromatic rings. The summed E-state index contributed by atoms with van der Waals surface area (Å²) >= 11 is 1.50. The van der Waals surface area contributed by atoms with Gasteiger partial charge in [0.15, 0.2) is 11.5 Å². The van der Waals surface area contributed by atoms with Gasteiger partial charge in [-0.2, -0.15) is 0 Å². The SMILES string of the molecule is C[C@H](NC(=O)CSc1ccc2c(c1)OCCCO2)c1cccc2ccccc12. The lowest BCUT2D eigenvalue weighted by atomic mass is 10.00. The van der Waals surface area contributed by atoms with Gasteiger partial charge in [-0.05, 0) is 41.5 Å². The normalized spacial score (nSPS) is 14.3. The summed E-state index contributed by atoms with van der Waals surface area (Å²) < 4.78 is 11.4. The Morgan fingerprint density at radius 2 is 1.82 bits per heavy atom. The van der Waals surface area contributed by atoms with E-state index in [2.05, 4.69) is 29.6 Å². The van der Waals surface area contributed by atoms with Crippen molar-refractivity contribution in [2.24, 2.45) is 0 Å². The van der Waals surface area contributed by atoms with Crippen LogP contribution < -0.4 is 14.8 Å². The van der Waals surface area contributed by atoms with Gasteiger partial charge in [0.2, 0.25) is 5.91 Å². The summed E-state index contributed by atoms with van der Waals surface area (Å²) in [5.41, 5.74) is 1.13. The number of thioether (sulfide) groups is 1. The number of rotatable bonds is 5. The number of carbonyl (C=O) groups is 1. The summed E-state index contributed by atoms with van der Waals surface area (Å²) in [6.07, 6.45) is 0.881. The molecule has 0 aliphatic carbocycles. The molecule has 144 valence electrons. The van der Waals surface area contributed by atoms with Gasteiger partial charge >= 0.3 is 0 Å². The summed E-state index contributed by atoms with van der Waals surface area (Å²) in [6, 6.07) is 20.2. The van der Waals surface area contributed by atoms with Crippen LogP contribution in [-0.4, -0.2) is 24.9 Å². The smallest absolute Gasteiger partial charge is 0.230 e. The molecule has 1 amide bonds. The topological polar surface area (TPSA) is 47.6 Å². The van der Waals surface area contributed by atoms with Crippen molar-refractivity contribution in [1.82, 2.24) is 5.32 Å². The number of benzene rings is 3. The van der Waals surface area contributed by atoms with Crippen molar-refractivity contribution >= 4 is 28.4 Å². The van der Waals surface area contributed by atoms with Crippen molar-refractivity contribution in [2.45, 2.75) is 24.3 Å². The number of hydrogen-bond acceptors (Lipinski definition) is 4. The van der Waals surface area contributed by atoms with Crippen LogP contribution in [0.25, 0.3) is 10.8 Å². The average molecular weight is 394 g/mol. The van der Waals surface area contributed by atoms with E-state index in [0.717, 1.165) is 28.4 Å². The summed E-state index contributed by atoms with van der Waals surface area (Å²) in [5.74, 6) is 1.90. The number of carbonyl (C=O) groups excluding carboxylic acids is 1. The van der Waals surface area contributed by atoms with E-state index >= 15 is 0 Å². The molecular weight excluding hydrogens is 370 g/mol. The minimum Gasteiger partial charge on any atom is -0.490 e. The lowest BCUT2D eigenvalue weighted by Crippen LogP contribution is -2.28. The second kappa shape index (κ2) is 8.57. The van der Waals surface area contributed by atoms with E-state index in [4.69, 9.17) is 9.47 Å². The number of nitrogens with one attached hydrogen (secondary N) is 1. The molecule has 1 heterocycles. The van der Waals surface area contributed by atoms with Gasteiger partial charge in [0, 0.05) is 11.3 Å². The van der Waals surface area contributed by atoms with Crippen LogP contribution in [0.1, 0.15) is 24.9 Å². The summed E-state index contributed by atoms with van der Waals surface area (Å²) in [6.45, 7) is 3.36. The molecule has 0 saturated carbocycles. The van der Waals surface area contributed by atoms with Crippen molar-refractivity contribution in [1.29, 1.82) is 0 Å². The standard InChI is InChI=1S/C23H23NO3S/c1-16(19-9-4-7-17-6-2-3-8-20(17)19)24-23(25)15-28-18-10-11-21-22(14-18)27-13-5-12-26-21/h2-4,6-11,14,16H,5,12-13,15H2,1H3,(H,24,25)/t16-/m0/s1. The highest BCUT2D eigenvalue weighted by Crippen LogP contribution is 2.34. The Balaban J connectivity index is 1.38. The molecule has 1 aliphatic rings. The quantitative estimate of drug-likeness (QED) is 0.622. The Kier molecular flexibility index (Phi) is 5.72. The monoisotopic (exact) mass is 393 g/mol. The molecule has 5 heteroatoms. The molecular formula is C23H23NO3S.